The van der Waals surface area contributed by atoms with Crippen LogP contribution < -0.4 is 15.4 Å². The van der Waals surface area contributed by atoms with Gasteiger partial charge in [0.25, 0.3) is 0 Å². The summed E-state index contributed by atoms with van der Waals surface area (Å²) in [6.45, 7) is 2.17. The fourth-order valence-corrected chi connectivity index (χ4v) is 3.99. The molecule has 146 valence electrons. The van der Waals surface area contributed by atoms with Gasteiger partial charge in [0, 0.05) is 37.7 Å². The van der Waals surface area contributed by atoms with Crippen molar-refractivity contribution in [3.05, 3.63) is 59.8 Å². The highest BCUT2D eigenvalue weighted by Gasteiger charge is 2.15. The van der Waals surface area contributed by atoms with Gasteiger partial charge in [-0.15, -0.1) is 24.0 Å². The lowest BCUT2D eigenvalue weighted by atomic mass is 10.2. The largest absolute Gasteiger partial charge is 0.473 e. The van der Waals surface area contributed by atoms with Gasteiger partial charge in [-0.05, 0) is 35.8 Å². The Hall–Kier alpha value is -1.48. The Morgan fingerprint density at radius 1 is 1.22 bits per heavy atom. The molecule has 1 atom stereocenters. The SMILES string of the molecule is CN=C(NCc1ccnc(OCc2ccccc2)c1)NCC1CCCS1.I. The topological polar surface area (TPSA) is 58.5 Å². The Labute approximate surface area is 182 Å². The van der Waals surface area contributed by atoms with Crippen LogP contribution in [-0.4, -0.2) is 35.5 Å². The number of pyridine rings is 1. The number of benzene rings is 1. The zero-order chi connectivity index (χ0) is 18.0. The summed E-state index contributed by atoms with van der Waals surface area (Å²) in [4.78, 5) is 8.59. The maximum atomic E-state index is 5.79. The molecule has 0 spiro atoms. The van der Waals surface area contributed by atoms with E-state index in [-0.39, 0.29) is 24.0 Å². The lowest BCUT2D eigenvalue weighted by Crippen LogP contribution is -2.39. The van der Waals surface area contributed by atoms with Crippen molar-refractivity contribution in [2.75, 3.05) is 19.3 Å². The molecule has 1 aromatic carbocycles. The van der Waals surface area contributed by atoms with Gasteiger partial charge in [0.15, 0.2) is 5.96 Å². The first-order valence-electron chi connectivity index (χ1n) is 9.01. The summed E-state index contributed by atoms with van der Waals surface area (Å²) in [5.41, 5.74) is 2.24. The summed E-state index contributed by atoms with van der Waals surface area (Å²) in [5, 5.41) is 7.47. The molecule has 2 heterocycles. The zero-order valence-corrected chi connectivity index (χ0v) is 18.7. The van der Waals surface area contributed by atoms with Gasteiger partial charge < -0.3 is 15.4 Å². The summed E-state index contributed by atoms with van der Waals surface area (Å²) in [7, 11) is 1.80. The van der Waals surface area contributed by atoms with Crippen molar-refractivity contribution < 1.29 is 4.74 Å². The molecule has 27 heavy (non-hydrogen) atoms. The predicted molar refractivity (Wildman–Crippen MR) is 124 cm³/mol. The van der Waals surface area contributed by atoms with Crippen LogP contribution >= 0.6 is 35.7 Å². The predicted octanol–water partition coefficient (Wildman–Crippen LogP) is 3.84. The molecule has 3 rings (SSSR count). The Morgan fingerprint density at radius 2 is 2.07 bits per heavy atom. The van der Waals surface area contributed by atoms with Gasteiger partial charge in [-0.25, -0.2) is 4.98 Å². The summed E-state index contributed by atoms with van der Waals surface area (Å²) in [6.07, 6.45) is 4.40. The number of nitrogens with one attached hydrogen (secondary N) is 2. The van der Waals surface area contributed by atoms with Gasteiger partial charge in [0.2, 0.25) is 5.88 Å². The first kappa shape index (κ1) is 21.8. The molecule has 2 N–H and O–H groups in total. The van der Waals surface area contributed by atoms with E-state index in [2.05, 4.69) is 20.6 Å². The molecular formula is C20H27IN4OS. The maximum absolute atomic E-state index is 5.79. The summed E-state index contributed by atoms with van der Waals surface area (Å²) < 4.78 is 5.79. The van der Waals surface area contributed by atoms with Crippen molar-refractivity contribution in [1.82, 2.24) is 15.6 Å². The minimum atomic E-state index is 0. The molecule has 0 bridgehead atoms. The van der Waals surface area contributed by atoms with Crippen LogP contribution in [0.4, 0.5) is 0 Å². The Balaban J connectivity index is 0.00000261. The normalized spacial score (nSPS) is 16.5. The molecule has 1 saturated heterocycles. The molecule has 0 radical (unpaired) electrons. The number of aliphatic imine (C=N–C) groups is 1. The van der Waals surface area contributed by atoms with Crippen molar-refractivity contribution in [2.45, 2.75) is 31.2 Å². The van der Waals surface area contributed by atoms with Gasteiger partial charge >= 0.3 is 0 Å². The van der Waals surface area contributed by atoms with Crippen LogP contribution in [0.25, 0.3) is 0 Å². The average molecular weight is 498 g/mol. The van der Waals surface area contributed by atoms with E-state index in [9.17, 15) is 0 Å². The fraction of sp³-hybridized carbons (Fsp3) is 0.400. The number of halogens is 1. The van der Waals surface area contributed by atoms with Crippen molar-refractivity contribution in [1.29, 1.82) is 0 Å². The third-order valence-corrected chi connectivity index (χ3v) is 5.63. The number of ether oxygens (including phenoxy) is 1. The Morgan fingerprint density at radius 3 is 2.81 bits per heavy atom. The molecular weight excluding hydrogens is 471 g/mol. The quantitative estimate of drug-likeness (QED) is 0.345. The zero-order valence-electron chi connectivity index (χ0n) is 15.6. The Kier molecular flexibility index (Phi) is 9.75. The monoisotopic (exact) mass is 498 g/mol. The highest BCUT2D eigenvalue weighted by Crippen LogP contribution is 2.25. The highest BCUT2D eigenvalue weighted by atomic mass is 127. The molecule has 0 amide bonds. The van der Waals surface area contributed by atoms with Crippen LogP contribution in [0.15, 0.2) is 53.7 Å². The second kappa shape index (κ2) is 12.1. The van der Waals surface area contributed by atoms with Crippen molar-refractivity contribution >= 4 is 41.7 Å². The van der Waals surface area contributed by atoms with Crippen molar-refractivity contribution in [2.24, 2.45) is 4.99 Å². The lowest BCUT2D eigenvalue weighted by molar-refractivity contribution is 0.293. The smallest absolute Gasteiger partial charge is 0.213 e. The molecule has 0 aliphatic carbocycles. The van der Waals surface area contributed by atoms with E-state index in [0.29, 0.717) is 24.3 Å². The van der Waals surface area contributed by atoms with Crippen LogP contribution in [0.2, 0.25) is 0 Å². The second-order valence-electron chi connectivity index (χ2n) is 6.22. The summed E-state index contributed by atoms with van der Waals surface area (Å²) in [6, 6.07) is 14.1. The van der Waals surface area contributed by atoms with Crippen molar-refractivity contribution in [3.8, 4) is 5.88 Å². The number of hydrogen-bond donors (Lipinski definition) is 2. The second-order valence-corrected chi connectivity index (χ2v) is 7.63. The van der Waals surface area contributed by atoms with E-state index >= 15 is 0 Å². The number of hydrogen-bond acceptors (Lipinski definition) is 4. The third-order valence-electron chi connectivity index (χ3n) is 4.23. The Bertz CT molecular complexity index is 708. The van der Waals surface area contributed by atoms with Crippen LogP contribution in [0.1, 0.15) is 24.0 Å². The fourth-order valence-electron chi connectivity index (χ4n) is 2.79. The summed E-state index contributed by atoms with van der Waals surface area (Å²) >= 11 is 2.04. The highest BCUT2D eigenvalue weighted by molar-refractivity contribution is 14.0. The molecule has 0 saturated carbocycles. The molecule has 1 aliphatic heterocycles. The molecule has 1 aliphatic rings. The molecule has 1 fully saturated rings. The van der Waals surface area contributed by atoms with E-state index in [0.717, 1.165) is 23.6 Å². The van der Waals surface area contributed by atoms with Gasteiger partial charge in [-0.2, -0.15) is 11.8 Å². The van der Waals surface area contributed by atoms with E-state index in [1.807, 2.05) is 54.2 Å². The van der Waals surface area contributed by atoms with Crippen LogP contribution in [0, 0.1) is 0 Å². The summed E-state index contributed by atoms with van der Waals surface area (Å²) in [5.74, 6) is 2.75. The number of guanidine groups is 1. The van der Waals surface area contributed by atoms with Gasteiger partial charge in [-0.1, -0.05) is 30.3 Å². The number of thioether (sulfide) groups is 1. The van der Waals surface area contributed by atoms with Crippen LogP contribution in [0.3, 0.4) is 0 Å². The number of nitrogens with zero attached hydrogens (tertiary/aromatic N) is 2. The standard InChI is InChI=1S/C20H26N4OS.HI/c1-21-20(24-14-18-8-5-11-26-18)23-13-17-9-10-22-19(12-17)25-15-16-6-3-2-4-7-16;/h2-4,6-7,9-10,12,18H,5,8,11,13-15H2,1H3,(H2,21,23,24);1H. The third kappa shape index (κ3) is 7.57. The van der Waals surface area contributed by atoms with Gasteiger partial charge in [0.05, 0.1) is 0 Å². The average Bonchev–Trinajstić information content (AvgIpc) is 3.21. The lowest BCUT2D eigenvalue weighted by Gasteiger charge is -2.15. The molecule has 2 aromatic rings. The molecule has 1 aromatic heterocycles. The van der Waals surface area contributed by atoms with E-state index in [4.69, 9.17) is 4.74 Å². The number of aromatic nitrogens is 1. The maximum Gasteiger partial charge on any atom is 0.213 e. The molecule has 7 heteroatoms. The minimum absolute atomic E-state index is 0. The van der Waals surface area contributed by atoms with Gasteiger partial charge in [-0.3, -0.25) is 4.99 Å². The first-order chi connectivity index (χ1) is 12.8. The number of rotatable bonds is 7. The van der Waals surface area contributed by atoms with E-state index in [1.54, 1.807) is 13.2 Å². The van der Waals surface area contributed by atoms with Gasteiger partial charge in [0.1, 0.15) is 6.61 Å². The molecule has 1 unspecified atom stereocenters. The molecule has 5 nitrogen and oxygen atoms in total. The minimum Gasteiger partial charge on any atom is -0.473 e. The van der Waals surface area contributed by atoms with E-state index in [1.165, 1.54) is 18.6 Å². The van der Waals surface area contributed by atoms with E-state index < -0.39 is 0 Å². The van der Waals surface area contributed by atoms with Crippen LogP contribution in [-0.2, 0) is 13.2 Å². The van der Waals surface area contributed by atoms with Crippen LogP contribution in [0.5, 0.6) is 5.88 Å². The van der Waals surface area contributed by atoms with Crippen molar-refractivity contribution in [3.63, 3.8) is 0 Å². The first-order valence-corrected chi connectivity index (χ1v) is 10.1.